The predicted molar refractivity (Wildman–Crippen MR) is 92.3 cm³/mol. The first-order valence-corrected chi connectivity index (χ1v) is 8.69. The number of hydrogen-bond acceptors (Lipinski definition) is 4. The normalized spacial score (nSPS) is 12.4. The number of aromatic nitrogens is 2. The summed E-state index contributed by atoms with van der Waals surface area (Å²) in [4.78, 5) is 14.8. The van der Waals surface area contributed by atoms with E-state index in [2.05, 4.69) is 52.3 Å². The van der Waals surface area contributed by atoms with Crippen LogP contribution in [0.1, 0.15) is 30.0 Å². The molecule has 2 aromatic heterocycles. The van der Waals surface area contributed by atoms with Gasteiger partial charge in [0.15, 0.2) is 0 Å². The number of halogens is 1. The van der Waals surface area contributed by atoms with Crippen molar-refractivity contribution in [3.63, 3.8) is 0 Å². The van der Waals surface area contributed by atoms with Crippen LogP contribution in [0.2, 0.25) is 0 Å². The van der Waals surface area contributed by atoms with Crippen molar-refractivity contribution in [3.05, 3.63) is 42.9 Å². The minimum atomic E-state index is -0.0824. The Morgan fingerprint density at radius 3 is 2.86 bits per heavy atom. The summed E-state index contributed by atoms with van der Waals surface area (Å²) in [7, 11) is 0. The summed E-state index contributed by atoms with van der Waals surface area (Å²) in [5.41, 5.74) is 0.675. The van der Waals surface area contributed by atoms with Crippen LogP contribution in [0.5, 0.6) is 0 Å². The fraction of sp³-hybridized carbons (Fsp3) is 0.467. The second-order valence-electron chi connectivity index (χ2n) is 5.16. The number of aryl methyl sites for hydroxylation is 2. The van der Waals surface area contributed by atoms with E-state index < -0.39 is 0 Å². The number of rotatable bonds is 6. The topological polar surface area (TPSA) is 46.9 Å². The van der Waals surface area contributed by atoms with Gasteiger partial charge in [0, 0.05) is 28.8 Å². The average Bonchev–Trinajstić information content (AvgIpc) is 2.84. The highest BCUT2D eigenvalue weighted by Crippen LogP contribution is 2.21. The van der Waals surface area contributed by atoms with Crippen molar-refractivity contribution in [1.29, 1.82) is 0 Å². The molecule has 4 nitrogen and oxygen atoms in total. The Morgan fingerprint density at radius 1 is 1.48 bits per heavy atom. The van der Waals surface area contributed by atoms with Crippen LogP contribution in [0.25, 0.3) is 0 Å². The van der Waals surface area contributed by atoms with Crippen molar-refractivity contribution in [2.45, 2.75) is 46.2 Å². The SMILES string of the molecule is CCCn1ncc(NC(C)Cc2ccc(C)s2)c(Br)c1=O. The lowest BCUT2D eigenvalue weighted by Gasteiger charge is -2.16. The Balaban J connectivity index is 2.08. The van der Waals surface area contributed by atoms with Crippen molar-refractivity contribution in [2.75, 3.05) is 5.32 Å². The Morgan fingerprint density at radius 2 is 2.24 bits per heavy atom. The van der Waals surface area contributed by atoms with Gasteiger partial charge in [-0.1, -0.05) is 6.92 Å². The van der Waals surface area contributed by atoms with Gasteiger partial charge >= 0.3 is 0 Å². The highest BCUT2D eigenvalue weighted by Gasteiger charge is 2.11. The molecule has 1 unspecified atom stereocenters. The summed E-state index contributed by atoms with van der Waals surface area (Å²) in [6, 6.07) is 4.53. The van der Waals surface area contributed by atoms with E-state index in [1.54, 1.807) is 6.20 Å². The molecule has 0 saturated heterocycles. The molecule has 0 spiro atoms. The Hall–Kier alpha value is -1.14. The van der Waals surface area contributed by atoms with E-state index in [0.29, 0.717) is 11.0 Å². The molecule has 0 aromatic carbocycles. The fourth-order valence-corrected chi connectivity index (χ4v) is 3.59. The molecule has 0 radical (unpaired) electrons. The van der Waals surface area contributed by atoms with Crippen LogP contribution >= 0.6 is 27.3 Å². The molecule has 0 amide bonds. The molecule has 114 valence electrons. The van der Waals surface area contributed by atoms with Crippen molar-refractivity contribution >= 4 is 33.0 Å². The van der Waals surface area contributed by atoms with Gasteiger partial charge in [0.05, 0.1) is 11.9 Å². The first-order valence-electron chi connectivity index (χ1n) is 7.08. The van der Waals surface area contributed by atoms with Crippen LogP contribution in [-0.4, -0.2) is 15.8 Å². The minimum absolute atomic E-state index is 0.0824. The summed E-state index contributed by atoms with van der Waals surface area (Å²) < 4.78 is 2.04. The number of hydrogen-bond donors (Lipinski definition) is 1. The second-order valence-corrected chi connectivity index (χ2v) is 7.33. The van der Waals surface area contributed by atoms with Gasteiger partial charge in [-0.2, -0.15) is 5.10 Å². The van der Waals surface area contributed by atoms with Crippen LogP contribution in [0.4, 0.5) is 5.69 Å². The van der Waals surface area contributed by atoms with Gasteiger partial charge in [-0.05, 0) is 48.3 Å². The van der Waals surface area contributed by atoms with Crippen LogP contribution in [-0.2, 0) is 13.0 Å². The Kier molecular flexibility index (Phi) is 5.58. The second kappa shape index (κ2) is 7.22. The molecule has 0 aliphatic carbocycles. The van der Waals surface area contributed by atoms with Crippen molar-refractivity contribution in [3.8, 4) is 0 Å². The van der Waals surface area contributed by atoms with E-state index in [4.69, 9.17) is 0 Å². The molecule has 2 rings (SSSR count). The fourth-order valence-electron chi connectivity index (χ4n) is 2.15. The molecule has 2 heterocycles. The quantitative estimate of drug-likeness (QED) is 0.841. The molecule has 0 bridgehead atoms. The van der Waals surface area contributed by atoms with Crippen LogP contribution < -0.4 is 10.9 Å². The third kappa shape index (κ3) is 4.17. The summed E-state index contributed by atoms with van der Waals surface area (Å²) in [5, 5.41) is 7.57. The zero-order valence-electron chi connectivity index (χ0n) is 12.5. The molecule has 0 saturated carbocycles. The highest BCUT2D eigenvalue weighted by atomic mass is 79.9. The van der Waals surface area contributed by atoms with Gasteiger partial charge in [-0.25, -0.2) is 4.68 Å². The van der Waals surface area contributed by atoms with Crippen LogP contribution in [0.15, 0.2) is 27.6 Å². The molecule has 2 aromatic rings. The van der Waals surface area contributed by atoms with E-state index >= 15 is 0 Å². The number of nitrogens with zero attached hydrogens (tertiary/aromatic N) is 2. The molecule has 1 atom stereocenters. The maximum absolute atomic E-state index is 12.1. The molecule has 6 heteroatoms. The van der Waals surface area contributed by atoms with E-state index in [9.17, 15) is 4.79 Å². The van der Waals surface area contributed by atoms with E-state index in [1.165, 1.54) is 14.4 Å². The molecule has 0 fully saturated rings. The average molecular weight is 370 g/mol. The third-order valence-corrected chi connectivity index (χ3v) is 4.91. The minimum Gasteiger partial charge on any atom is -0.380 e. The smallest absolute Gasteiger partial charge is 0.283 e. The van der Waals surface area contributed by atoms with Gasteiger partial charge < -0.3 is 5.32 Å². The summed E-state index contributed by atoms with van der Waals surface area (Å²) in [6.45, 7) is 6.89. The van der Waals surface area contributed by atoms with E-state index in [0.717, 1.165) is 18.5 Å². The third-order valence-electron chi connectivity index (χ3n) is 3.13. The Bertz CT molecular complexity index is 665. The lowest BCUT2D eigenvalue weighted by Crippen LogP contribution is -2.26. The summed E-state index contributed by atoms with van der Waals surface area (Å²) >= 11 is 5.20. The number of nitrogens with one attached hydrogen (secondary N) is 1. The molecule has 21 heavy (non-hydrogen) atoms. The molecule has 1 N–H and O–H groups in total. The largest absolute Gasteiger partial charge is 0.380 e. The van der Waals surface area contributed by atoms with Gasteiger partial charge in [0.2, 0.25) is 0 Å². The van der Waals surface area contributed by atoms with Gasteiger partial charge in [0.1, 0.15) is 4.47 Å². The van der Waals surface area contributed by atoms with Gasteiger partial charge in [-0.15, -0.1) is 11.3 Å². The zero-order valence-corrected chi connectivity index (χ0v) is 14.9. The van der Waals surface area contributed by atoms with E-state index in [-0.39, 0.29) is 11.6 Å². The van der Waals surface area contributed by atoms with Crippen LogP contribution in [0.3, 0.4) is 0 Å². The summed E-state index contributed by atoms with van der Waals surface area (Å²) in [6.07, 6.45) is 3.54. The standard InChI is InChI=1S/C15H20BrN3OS/c1-4-7-19-15(20)14(16)13(9-17-19)18-10(2)8-12-6-5-11(3)21-12/h5-6,9-10,18H,4,7-8H2,1-3H3. The highest BCUT2D eigenvalue weighted by molar-refractivity contribution is 9.10. The summed E-state index contributed by atoms with van der Waals surface area (Å²) in [5.74, 6) is 0. The zero-order chi connectivity index (χ0) is 15.4. The lowest BCUT2D eigenvalue weighted by molar-refractivity contribution is 0.565. The van der Waals surface area contributed by atoms with Crippen molar-refractivity contribution in [2.24, 2.45) is 0 Å². The molecule has 0 aliphatic heterocycles. The van der Waals surface area contributed by atoms with E-state index in [1.807, 2.05) is 18.3 Å². The monoisotopic (exact) mass is 369 g/mol. The lowest BCUT2D eigenvalue weighted by atomic mass is 10.2. The molecular weight excluding hydrogens is 350 g/mol. The van der Waals surface area contributed by atoms with Crippen molar-refractivity contribution in [1.82, 2.24) is 9.78 Å². The maximum Gasteiger partial charge on any atom is 0.283 e. The first-order chi connectivity index (χ1) is 10.0. The number of thiophene rings is 1. The molecule has 0 aliphatic rings. The predicted octanol–water partition coefficient (Wildman–Crippen LogP) is 3.83. The molecular formula is C15H20BrN3OS. The first kappa shape index (κ1) is 16.2. The van der Waals surface area contributed by atoms with Gasteiger partial charge in [0.25, 0.3) is 5.56 Å². The van der Waals surface area contributed by atoms with Crippen molar-refractivity contribution < 1.29 is 0 Å². The van der Waals surface area contributed by atoms with Gasteiger partial charge in [-0.3, -0.25) is 4.79 Å². The van der Waals surface area contributed by atoms with Crippen LogP contribution in [0, 0.1) is 6.92 Å². The number of anilines is 1. The maximum atomic E-state index is 12.1. The Labute approximate surface area is 137 Å².